The maximum absolute atomic E-state index is 10.9. The Labute approximate surface area is 72.4 Å². The zero-order valence-corrected chi connectivity index (χ0v) is 7.69. The Morgan fingerprint density at radius 3 is 2.82 bits per heavy atom. The van der Waals surface area contributed by atoms with Crippen LogP contribution in [-0.4, -0.2) is 5.24 Å². The van der Waals surface area contributed by atoms with Gasteiger partial charge in [0.2, 0.25) is 5.24 Å². The molecule has 0 aromatic rings. The maximum Gasteiger partial charge on any atom is 0.225 e. The van der Waals surface area contributed by atoms with Crippen LogP contribution in [0.5, 0.6) is 0 Å². The summed E-state index contributed by atoms with van der Waals surface area (Å²) < 4.78 is 0. The summed E-state index contributed by atoms with van der Waals surface area (Å²) in [4.78, 5) is 10.9. The van der Waals surface area contributed by atoms with E-state index in [-0.39, 0.29) is 11.2 Å². The monoisotopic (exact) mass is 172 g/mol. The molecule has 62 valence electrons. The number of hydrogen-bond donors (Lipinski definition) is 0. The zero-order chi connectivity index (χ0) is 8.43. The van der Waals surface area contributed by atoms with Gasteiger partial charge in [0.15, 0.2) is 0 Å². The van der Waals surface area contributed by atoms with Crippen LogP contribution < -0.4 is 0 Å². The highest BCUT2D eigenvalue weighted by atomic mass is 35.5. The second-order valence-electron chi connectivity index (χ2n) is 3.38. The van der Waals surface area contributed by atoms with Gasteiger partial charge in [-0.05, 0) is 37.3 Å². The smallest absolute Gasteiger partial charge is 0.225 e. The molecule has 0 spiro atoms. The molecule has 2 heteroatoms. The number of rotatable bonds is 1. The van der Waals surface area contributed by atoms with E-state index in [1.807, 2.05) is 0 Å². The quantitative estimate of drug-likeness (QED) is 0.439. The molecule has 0 unspecified atom stereocenters. The summed E-state index contributed by atoms with van der Waals surface area (Å²) in [6, 6.07) is 0. The average molecular weight is 173 g/mol. The Morgan fingerprint density at radius 2 is 2.36 bits per heavy atom. The van der Waals surface area contributed by atoms with Crippen LogP contribution in [0.25, 0.3) is 0 Å². The minimum absolute atomic E-state index is 0.0559. The van der Waals surface area contributed by atoms with Gasteiger partial charge in [0.1, 0.15) is 0 Å². The Bertz CT molecular complexity index is 196. The third-order valence-corrected chi connectivity index (χ3v) is 2.62. The van der Waals surface area contributed by atoms with Crippen LogP contribution in [0, 0.1) is 11.8 Å². The first-order valence-corrected chi connectivity index (χ1v) is 4.34. The summed E-state index contributed by atoms with van der Waals surface area (Å²) in [6.07, 6.45) is 3.96. The lowest BCUT2D eigenvalue weighted by Crippen LogP contribution is -2.20. The van der Waals surface area contributed by atoms with Crippen molar-refractivity contribution in [2.45, 2.75) is 26.7 Å². The molecule has 2 atom stereocenters. The van der Waals surface area contributed by atoms with E-state index in [4.69, 9.17) is 11.6 Å². The average Bonchev–Trinajstić information content (AvgIpc) is 1.85. The van der Waals surface area contributed by atoms with Gasteiger partial charge in [-0.3, -0.25) is 4.79 Å². The van der Waals surface area contributed by atoms with E-state index < -0.39 is 0 Å². The van der Waals surface area contributed by atoms with Crippen LogP contribution in [0.4, 0.5) is 0 Å². The molecular formula is C9H13ClO. The summed E-state index contributed by atoms with van der Waals surface area (Å²) in [5.74, 6) is 0.477. The lowest BCUT2D eigenvalue weighted by atomic mass is 9.82. The van der Waals surface area contributed by atoms with Gasteiger partial charge in [0, 0.05) is 5.92 Å². The van der Waals surface area contributed by atoms with Crippen LogP contribution in [0.3, 0.4) is 0 Å². The number of hydrogen-bond acceptors (Lipinski definition) is 1. The molecular weight excluding hydrogens is 160 g/mol. The fourth-order valence-corrected chi connectivity index (χ4v) is 1.91. The molecule has 11 heavy (non-hydrogen) atoms. The minimum atomic E-state index is -0.179. The van der Waals surface area contributed by atoms with E-state index in [0.717, 1.165) is 12.8 Å². The molecule has 0 aromatic carbocycles. The van der Waals surface area contributed by atoms with Gasteiger partial charge >= 0.3 is 0 Å². The molecule has 0 saturated carbocycles. The summed E-state index contributed by atoms with van der Waals surface area (Å²) >= 11 is 5.43. The minimum Gasteiger partial charge on any atom is -0.281 e. The molecule has 0 fully saturated rings. The highest BCUT2D eigenvalue weighted by Gasteiger charge is 2.25. The third kappa shape index (κ3) is 2.06. The molecule has 0 aromatic heterocycles. The first-order chi connectivity index (χ1) is 5.11. The van der Waals surface area contributed by atoms with Crippen LogP contribution >= 0.6 is 11.6 Å². The van der Waals surface area contributed by atoms with Crippen molar-refractivity contribution in [3.8, 4) is 0 Å². The van der Waals surface area contributed by atoms with Crippen molar-refractivity contribution < 1.29 is 4.79 Å². The van der Waals surface area contributed by atoms with Crippen LogP contribution in [0.1, 0.15) is 26.7 Å². The lowest BCUT2D eigenvalue weighted by Gasteiger charge is -2.24. The van der Waals surface area contributed by atoms with Gasteiger partial charge < -0.3 is 0 Å². The van der Waals surface area contributed by atoms with E-state index in [2.05, 4.69) is 19.9 Å². The molecule has 1 rings (SSSR count). The standard InChI is InChI=1S/C9H13ClO/c1-6-3-4-8(9(10)11)7(2)5-6/h3,7-8H,4-5H2,1-2H3/t7-,8-/m0/s1. The van der Waals surface area contributed by atoms with Gasteiger partial charge in [-0.15, -0.1) is 0 Å². The van der Waals surface area contributed by atoms with Crippen molar-refractivity contribution in [2.24, 2.45) is 11.8 Å². The first kappa shape index (κ1) is 8.79. The predicted molar refractivity (Wildman–Crippen MR) is 46.5 cm³/mol. The van der Waals surface area contributed by atoms with Gasteiger partial charge in [-0.25, -0.2) is 0 Å². The lowest BCUT2D eigenvalue weighted by molar-refractivity contribution is -0.116. The Balaban J connectivity index is 2.65. The van der Waals surface area contributed by atoms with Gasteiger partial charge in [0.05, 0.1) is 0 Å². The SMILES string of the molecule is CC1=CC[C@H](C(=O)Cl)[C@@H](C)C1. The Morgan fingerprint density at radius 1 is 1.73 bits per heavy atom. The summed E-state index contributed by atoms with van der Waals surface area (Å²) in [5.41, 5.74) is 1.38. The largest absolute Gasteiger partial charge is 0.281 e. The topological polar surface area (TPSA) is 17.1 Å². The first-order valence-electron chi connectivity index (χ1n) is 3.96. The van der Waals surface area contributed by atoms with Crippen LogP contribution in [0.15, 0.2) is 11.6 Å². The molecule has 0 amide bonds. The second kappa shape index (κ2) is 3.40. The van der Waals surface area contributed by atoms with E-state index in [9.17, 15) is 4.79 Å². The van der Waals surface area contributed by atoms with Crippen molar-refractivity contribution in [3.63, 3.8) is 0 Å². The molecule has 1 aliphatic carbocycles. The molecule has 0 heterocycles. The summed E-state index contributed by atoms with van der Waals surface area (Å²) in [6.45, 7) is 4.19. The second-order valence-corrected chi connectivity index (χ2v) is 3.75. The van der Waals surface area contributed by atoms with Crippen molar-refractivity contribution in [2.75, 3.05) is 0 Å². The Kier molecular flexibility index (Phi) is 2.72. The fourth-order valence-electron chi connectivity index (χ4n) is 1.61. The highest BCUT2D eigenvalue weighted by Crippen LogP contribution is 2.30. The van der Waals surface area contributed by atoms with Gasteiger partial charge in [-0.2, -0.15) is 0 Å². The molecule has 0 bridgehead atoms. The highest BCUT2D eigenvalue weighted by molar-refractivity contribution is 6.64. The van der Waals surface area contributed by atoms with Crippen molar-refractivity contribution in [1.82, 2.24) is 0 Å². The normalized spacial score (nSPS) is 31.4. The number of carbonyl (C=O) groups excluding carboxylic acids is 1. The third-order valence-electron chi connectivity index (χ3n) is 2.34. The molecule has 0 aliphatic heterocycles. The molecule has 0 radical (unpaired) electrons. The van der Waals surface area contributed by atoms with E-state index in [1.165, 1.54) is 5.57 Å². The predicted octanol–water partition coefficient (Wildman–Crippen LogP) is 2.74. The van der Waals surface area contributed by atoms with E-state index in [0.29, 0.717) is 5.92 Å². The molecule has 1 nitrogen and oxygen atoms in total. The zero-order valence-electron chi connectivity index (χ0n) is 6.93. The van der Waals surface area contributed by atoms with E-state index >= 15 is 0 Å². The fraction of sp³-hybridized carbons (Fsp3) is 0.667. The van der Waals surface area contributed by atoms with Crippen LogP contribution in [0.2, 0.25) is 0 Å². The maximum atomic E-state index is 10.9. The van der Waals surface area contributed by atoms with Crippen LogP contribution in [-0.2, 0) is 4.79 Å². The van der Waals surface area contributed by atoms with Gasteiger partial charge in [0.25, 0.3) is 0 Å². The summed E-state index contributed by atoms with van der Waals surface area (Å²) in [5, 5.41) is -0.179. The molecule has 1 aliphatic rings. The van der Waals surface area contributed by atoms with Crippen molar-refractivity contribution >= 4 is 16.8 Å². The Hall–Kier alpha value is -0.300. The number of allylic oxidation sites excluding steroid dienone is 2. The van der Waals surface area contributed by atoms with Gasteiger partial charge in [-0.1, -0.05) is 18.6 Å². The van der Waals surface area contributed by atoms with E-state index in [1.54, 1.807) is 0 Å². The number of carbonyl (C=O) groups is 1. The number of halogens is 1. The van der Waals surface area contributed by atoms with Crippen molar-refractivity contribution in [3.05, 3.63) is 11.6 Å². The molecule has 0 N–H and O–H groups in total. The summed E-state index contributed by atoms with van der Waals surface area (Å²) in [7, 11) is 0. The molecule has 0 saturated heterocycles. The van der Waals surface area contributed by atoms with Crippen molar-refractivity contribution in [1.29, 1.82) is 0 Å².